The Morgan fingerprint density at radius 2 is 1.22 bits per heavy atom. The number of ether oxygens (including phenoxy) is 1. The number of nitrogens with one attached hydrogen (secondary N) is 2. The van der Waals surface area contributed by atoms with E-state index in [9.17, 15) is 19.6 Å². The van der Waals surface area contributed by atoms with E-state index in [4.69, 9.17) is 4.74 Å². The van der Waals surface area contributed by atoms with Crippen LogP contribution in [-0.2, 0) is 38.4 Å². The number of esters is 1. The molecule has 0 fully saturated rings. The maximum Gasteiger partial charge on any atom is 0.328 e. The van der Waals surface area contributed by atoms with E-state index in [1.165, 1.54) is 7.11 Å². The second-order valence-electron chi connectivity index (χ2n) is 8.20. The van der Waals surface area contributed by atoms with Crippen LogP contribution >= 0.6 is 0 Å². The third kappa shape index (κ3) is 7.80. The van der Waals surface area contributed by atoms with E-state index in [1.807, 2.05) is 78.9 Å². The lowest BCUT2D eigenvalue weighted by molar-refractivity contribution is -0.145. The van der Waals surface area contributed by atoms with Crippen LogP contribution in [0.5, 0.6) is 0 Å². The molecule has 0 aromatic heterocycles. The Labute approximate surface area is 210 Å². The minimum atomic E-state index is -1.03. The number of carbonyl (C=O) groups excluding carboxylic acids is 3. The number of hydrogen-bond donors (Lipinski definition) is 3. The Hall–Kier alpha value is -4.46. The Morgan fingerprint density at radius 3 is 1.69 bits per heavy atom. The quantitative estimate of drug-likeness (QED) is 0.166. The van der Waals surface area contributed by atoms with Crippen LogP contribution in [0.3, 0.4) is 0 Å². The largest absolute Gasteiger partial charge is 0.467 e. The molecule has 3 aromatic rings. The van der Waals surface area contributed by atoms with Crippen molar-refractivity contribution in [2.24, 2.45) is 5.16 Å². The molecule has 3 rings (SSSR count). The lowest BCUT2D eigenvalue weighted by Gasteiger charge is -2.23. The van der Waals surface area contributed by atoms with Crippen LogP contribution in [0.2, 0.25) is 0 Å². The van der Waals surface area contributed by atoms with E-state index >= 15 is 0 Å². The Balaban J connectivity index is 1.78. The minimum absolute atomic E-state index is 0.0850. The Kier molecular flexibility index (Phi) is 9.76. The van der Waals surface area contributed by atoms with E-state index in [0.717, 1.165) is 16.7 Å². The first-order valence-electron chi connectivity index (χ1n) is 11.5. The third-order valence-electron chi connectivity index (χ3n) is 5.59. The van der Waals surface area contributed by atoms with Gasteiger partial charge in [0.1, 0.15) is 17.8 Å². The summed E-state index contributed by atoms with van der Waals surface area (Å²) in [5.41, 5.74) is 2.29. The molecule has 36 heavy (non-hydrogen) atoms. The fourth-order valence-corrected chi connectivity index (χ4v) is 3.71. The van der Waals surface area contributed by atoms with Crippen LogP contribution < -0.4 is 10.6 Å². The molecule has 8 heteroatoms. The average Bonchev–Trinajstić information content (AvgIpc) is 2.92. The topological polar surface area (TPSA) is 117 Å². The molecule has 0 aliphatic carbocycles. The molecule has 0 saturated heterocycles. The normalized spacial score (nSPS) is 12.8. The van der Waals surface area contributed by atoms with Gasteiger partial charge in [-0.25, -0.2) is 4.79 Å². The number of oxime groups is 1. The molecule has 0 aliphatic rings. The molecular formula is C28H29N3O5. The highest BCUT2D eigenvalue weighted by molar-refractivity contribution is 6.39. The number of hydrogen-bond acceptors (Lipinski definition) is 6. The van der Waals surface area contributed by atoms with Gasteiger partial charge in [0, 0.05) is 19.3 Å². The number of amides is 2. The van der Waals surface area contributed by atoms with Crippen LogP contribution in [-0.4, -0.2) is 47.9 Å². The van der Waals surface area contributed by atoms with Crippen LogP contribution in [0.15, 0.2) is 96.2 Å². The van der Waals surface area contributed by atoms with Gasteiger partial charge in [-0.15, -0.1) is 0 Å². The summed E-state index contributed by atoms with van der Waals surface area (Å²) in [6, 6.07) is 25.5. The van der Waals surface area contributed by atoms with E-state index in [1.54, 1.807) is 12.1 Å². The second-order valence-corrected chi connectivity index (χ2v) is 8.20. The van der Waals surface area contributed by atoms with Crippen molar-refractivity contribution in [2.45, 2.75) is 31.3 Å². The summed E-state index contributed by atoms with van der Waals surface area (Å²) >= 11 is 0. The molecular weight excluding hydrogens is 458 g/mol. The van der Waals surface area contributed by atoms with Crippen molar-refractivity contribution in [1.29, 1.82) is 0 Å². The van der Waals surface area contributed by atoms with Crippen molar-refractivity contribution in [2.75, 3.05) is 7.11 Å². The lowest BCUT2D eigenvalue weighted by atomic mass is 10.0. The number of rotatable bonds is 11. The molecule has 3 aromatic carbocycles. The first-order chi connectivity index (χ1) is 17.5. The molecule has 0 saturated carbocycles. The monoisotopic (exact) mass is 487 g/mol. The van der Waals surface area contributed by atoms with Crippen molar-refractivity contribution in [3.8, 4) is 0 Å². The fraction of sp³-hybridized carbons (Fsp3) is 0.214. The van der Waals surface area contributed by atoms with Gasteiger partial charge in [0.25, 0.3) is 5.91 Å². The summed E-state index contributed by atoms with van der Waals surface area (Å²) in [5.74, 6) is -1.84. The van der Waals surface area contributed by atoms with E-state index in [0.29, 0.717) is 0 Å². The van der Waals surface area contributed by atoms with Gasteiger partial charge < -0.3 is 20.6 Å². The smallest absolute Gasteiger partial charge is 0.328 e. The fourth-order valence-electron chi connectivity index (χ4n) is 3.71. The van der Waals surface area contributed by atoms with Gasteiger partial charge in [-0.3, -0.25) is 9.59 Å². The van der Waals surface area contributed by atoms with Crippen LogP contribution in [0.4, 0.5) is 0 Å². The highest BCUT2D eigenvalue weighted by atomic mass is 16.5. The molecule has 186 valence electrons. The van der Waals surface area contributed by atoms with Crippen LogP contribution in [0.25, 0.3) is 0 Å². The summed E-state index contributed by atoms with van der Waals surface area (Å²) in [7, 11) is 1.25. The summed E-state index contributed by atoms with van der Waals surface area (Å²) < 4.78 is 4.89. The average molecular weight is 488 g/mol. The highest BCUT2D eigenvalue weighted by Gasteiger charge is 2.29. The number of methoxy groups -OCH3 is 1. The molecule has 2 amide bonds. The van der Waals surface area contributed by atoms with Gasteiger partial charge >= 0.3 is 5.97 Å². The van der Waals surface area contributed by atoms with Gasteiger partial charge in [-0.05, 0) is 16.7 Å². The van der Waals surface area contributed by atoms with Crippen molar-refractivity contribution in [3.63, 3.8) is 0 Å². The number of benzene rings is 3. The maximum atomic E-state index is 13.3. The minimum Gasteiger partial charge on any atom is -0.467 e. The van der Waals surface area contributed by atoms with E-state index < -0.39 is 29.9 Å². The predicted octanol–water partition coefficient (Wildman–Crippen LogP) is 2.69. The number of nitrogens with zero attached hydrogens (tertiary/aromatic N) is 1. The Bertz CT molecular complexity index is 1170. The SMILES string of the molecule is COC(=O)[C@H](Cc1ccccc1)NC(=O)[C@H](Cc1ccccc1)NC(=O)/C(Cc1ccccc1)=N\O. The third-order valence-corrected chi connectivity index (χ3v) is 5.59. The molecule has 8 nitrogen and oxygen atoms in total. The highest BCUT2D eigenvalue weighted by Crippen LogP contribution is 2.08. The van der Waals surface area contributed by atoms with Crippen molar-refractivity contribution >= 4 is 23.5 Å². The van der Waals surface area contributed by atoms with Crippen LogP contribution in [0.1, 0.15) is 16.7 Å². The molecule has 0 spiro atoms. The lowest BCUT2D eigenvalue weighted by Crippen LogP contribution is -2.54. The van der Waals surface area contributed by atoms with Gasteiger partial charge in [-0.2, -0.15) is 0 Å². The molecule has 0 heterocycles. The van der Waals surface area contributed by atoms with E-state index in [-0.39, 0.29) is 25.0 Å². The summed E-state index contributed by atoms with van der Waals surface area (Å²) in [4.78, 5) is 38.8. The van der Waals surface area contributed by atoms with Crippen molar-refractivity contribution < 1.29 is 24.3 Å². The summed E-state index contributed by atoms with van der Waals surface area (Å²) in [6.45, 7) is 0. The van der Waals surface area contributed by atoms with Gasteiger partial charge in [-0.1, -0.05) is 96.2 Å². The molecule has 0 unspecified atom stereocenters. The summed E-state index contributed by atoms with van der Waals surface area (Å²) in [5, 5.41) is 18.0. The van der Waals surface area contributed by atoms with Crippen LogP contribution in [0, 0.1) is 0 Å². The van der Waals surface area contributed by atoms with E-state index in [2.05, 4.69) is 15.8 Å². The molecule has 3 N–H and O–H groups in total. The first kappa shape index (κ1) is 26.2. The number of carbonyl (C=O) groups is 3. The zero-order chi connectivity index (χ0) is 25.8. The van der Waals surface area contributed by atoms with Crippen molar-refractivity contribution in [1.82, 2.24) is 10.6 Å². The summed E-state index contributed by atoms with van der Waals surface area (Å²) in [6.07, 6.45) is 0.478. The first-order valence-corrected chi connectivity index (χ1v) is 11.5. The maximum absolute atomic E-state index is 13.3. The molecule has 0 bridgehead atoms. The molecule has 0 radical (unpaired) electrons. The van der Waals surface area contributed by atoms with Gasteiger partial charge in [0.2, 0.25) is 5.91 Å². The zero-order valence-corrected chi connectivity index (χ0v) is 20.0. The molecule has 0 aliphatic heterocycles. The standard InChI is InChI=1S/C28H29N3O5/c1-36-28(34)25(19-22-15-9-4-10-16-22)30-26(32)23(17-20-11-5-2-6-12-20)29-27(33)24(31-35)18-21-13-7-3-8-14-21/h2-16,23,25,35H,17-19H2,1H3,(H,29,33)(H,30,32)/b31-24-/t23-,25-/m0/s1. The van der Waals surface area contributed by atoms with Gasteiger partial charge in [0.05, 0.1) is 7.11 Å². The molecule has 2 atom stereocenters. The second kappa shape index (κ2) is 13.4. The van der Waals surface area contributed by atoms with Crippen molar-refractivity contribution in [3.05, 3.63) is 108 Å². The predicted molar refractivity (Wildman–Crippen MR) is 136 cm³/mol. The zero-order valence-electron chi connectivity index (χ0n) is 20.0. The Morgan fingerprint density at radius 1 is 0.750 bits per heavy atom. The van der Waals surface area contributed by atoms with Gasteiger partial charge in [0.15, 0.2) is 0 Å².